The fourth-order valence-corrected chi connectivity index (χ4v) is 3.56. The van der Waals surface area contributed by atoms with Gasteiger partial charge in [0.05, 0.1) is 5.41 Å². The minimum Gasteiger partial charge on any atom is -0.351 e. The zero-order valence-electron chi connectivity index (χ0n) is 14.1. The summed E-state index contributed by atoms with van der Waals surface area (Å²) in [4.78, 5) is 15.2. The molecule has 0 saturated heterocycles. The second-order valence-corrected chi connectivity index (χ2v) is 7.25. The van der Waals surface area contributed by atoms with Crippen LogP contribution in [0.2, 0.25) is 5.02 Å². The van der Waals surface area contributed by atoms with Gasteiger partial charge in [-0.05, 0) is 49.7 Å². The number of carbonyl (C=O) groups is 1. The largest absolute Gasteiger partial charge is 0.351 e. The Morgan fingerprint density at radius 3 is 2.46 bits per heavy atom. The maximum absolute atomic E-state index is 13.0. The SMILES string of the molecule is CN(C)CC1CC1(C(=O)NCc1ccc(Cl)cc1)c1ccccc1. The summed E-state index contributed by atoms with van der Waals surface area (Å²) in [5.41, 5.74) is 1.78. The number of nitrogens with zero attached hydrogens (tertiary/aromatic N) is 1. The van der Waals surface area contributed by atoms with Gasteiger partial charge in [0.1, 0.15) is 0 Å². The molecular weight excluding hydrogens is 320 g/mol. The third-order valence-electron chi connectivity index (χ3n) is 4.75. The molecule has 0 aliphatic heterocycles. The Balaban J connectivity index is 1.74. The molecule has 0 aromatic heterocycles. The summed E-state index contributed by atoms with van der Waals surface area (Å²) in [7, 11) is 4.11. The van der Waals surface area contributed by atoms with Crippen LogP contribution in [0.4, 0.5) is 0 Å². The van der Waals surface area contributed by atoms with Crippen molar-refractivity contribution in [2.75, 3.05) is 20.6 Å². The second kappa shape index (κ2) is 6.96. The van der Waals surface area contributed by atoms with Crippen LogP contribution < -0.4 is 5.32 Å². The van der Waals surface area contributed by atoms with Crippen LogP contribution in [0.1, 0.15) is 17.5 Å². The van der Waals surface area contributed by atoms with Crippen molar-refractivity contribution in [3.63, 3.8) is 0 Å². The smallest absolute Gasteiger partial charge is 0.231 e. The molecule has 0 heterocycles. The van der Waals surface area contributed by atoms with E-state index < -0.39 is 5.41 Å². The Bertz CT molecular complexity index is 699. The quantitative estimate of drug-likeness (QED) is 0.871. The summed E-state index contributed by atoms with van der Waals surface area (Å²) >= 11 is 5.91. The standard InChI is InChI=1S/C20H23ClN2O/c1-23(2)14-17-12-20(17,16-6-4-3-5-7-16)19(24)22-13-15-8-10-18(21)11-9-15/h3-11,17H,12-14H2,1-2H3,(H,22,24). The number of halogens is 1. The van der Waals surface area contributed by atoms with Crippen LogP contribution in [-0.4, -0.2) is 31.4 Å². The molecule has 1 fully saturated rings. The monoisotopic (exact) mass is 342 g/mol. The number of benzene rings is 2. The van der Waals surface area contributed by atoms with Crippen molar-refractivity contribution in [2.24, 2.45) is 5.92 Å². The lowest BCUT2D eigenvalue weighted by atomic mass is 9.92. The van der Waals surface area contributed by atoms with Crippen LogP contribution >= 0.6 is 11.6 Å². The average molecular weight is 343 g/mol. The molecule has 0 radical (unpaired) electrons. The maximum atomic E-state index is 13.0. The van der Waals surface area contributed by atoms with Gasteiger partial charge in [0.2, 0.25) is 5.91 Å². The van der Waals surface area contributed by atoms with Crippen LogP contribution in [-0.2, 0) is 16.8 Å². The normalized spacial score (nSPS) is 22.4. The van der Waals surface area contributed by atoms with Crippen molar-refractivity contribution in [1.29, 1.82) is 0 Å². The molecular formula is C20H23ClN2O. The lowest BCUT2D eigenvalue weighted by Gasteiger charge is -2.20. The molecule has 2 aromatic carbocycles. The molecule has 3 nitrogen and oxygen atoms in total. The first kappa shape index (κ1) is 17.0. The van der Waals surface area contributed by atoms with Gasteiger partial charge in [-0.2, -0.15) is 0 Å². The maximum Gasteiger partial charge on any atom is 0.231 e. The Morgan fingerprint density at radius 1 is 1.17 bits per heavy atom. The highest BCUT2D eigenvalue weighted by molar-refractivity contribution is 6.30. The first-order valence-corrected chi connectivity index (χ1v) is 8.63. The third kappa shape index (κ3) is 3.47. The van der Waals surface area contributed by atoms with E-state index in [-0.39, 0.29) is 5.91 Å². The van der Waals surface area contributed by atoms with Crippen LogP contribution in [0.15, 0.2) is 54.6 Å². The van der Waals surface area contributed by atoms with Gasteiger partial charge < -0.3 is 10.2 Å². The van der Waals surface area contributed by atoms with Gasteiger partial charge in [0.25, 0.3) is 0 Å². The summed E-state index contributed by atoms with van der Waals surface area (Å²) in [6.45, 7) is 1.45. The van der Waals surface area contributed by atoms with Gasteiger partial charge in [-0.1, -0.05) is 54.1 Å². The predicted molar refractivity (Wildman–Crippen MR) is 98.1 cm³/mol. The summed E-state index contributed by atoms with van der Waals surface area (Å²) in [5, 5.41) is 3.83. The number of nitrogens with one attached hydrogen (secondary N) is 1. The highest BCUT2D eigenvalue weighted by atomic mass is 35.5. The summed E-state index contributed by atoms with van der Waals surface area (Å²) < 4.78 is 0. The first-order valence-electron chi connectivity index (χ1n) is 8.25. The highest BCUT2D eigenvalue weighted by Crippen LogP contribution is 2.54. The molecule has 1 aliphatic rings. The molecule has 2 aromatic rings. The topological polar surface area (TPSA) is 32.3 Å². The van der Waals surface area contributed by atoms with E-state index in [0.29, 0.717) is 17.5 Å². The molecule has 2 atom stereocenters. The van der Waals surface area contributed by atoms with Crippen molar-refractivity contribution in [2.45, 2.75) is 18.4 Å². The fraction of sp³-hybridized carbons (Fsp3) is 0.350. The predicted octanol–water partition coefficient (Wildman–Crippen LogP) is 3.48. The van der Waals surface area contributed by atoms with Crippen molar-refractivity contribution in [3.8, 4) is 0 Å². The summed E-state index contributed by atoms with van der Waals surface area (Å²) in [5.74, 6) is 0.482. The molecule has 0 bridgehead atoms. The first-order chi connectivity index (χ1) is 11.5. The molecule has 1 N–H and O–H groups in total. The summed E-state index contributed by atoms with van der Waals surface area (Å²) in [6.07, 6.45) is 0.904. The highest BCUT2D eigenvalue weighted by Gasteiger charge is 2.60. The number of hydrogen-bond donors (Lipinski definition) is 1. The number of amides is 1. The molecule has 126 valence electrons. The molecule has 0 spiro atoms. The van der Waals surface area contributed by atoms with E-state index in [4.69, 9.17) is 11.6 Å². The van der Waals surface area contributed by atoms with E-state index in [1.54, 1.807) is 0 Å². The lowest BCUT2D eigenvalue weighted by Crippen LogP contribution is -2.37. The molecule has 3 rings (SSSR count). The van der Waals surface area contributed by atoms with E-state index in [9.17, 15) is 4.79 Å². The van der Waals surface area contributed by atoms with E-state index in [1.807, 2.05) is 42.5 Å². The number of rotatable bonds is 6. The van der Waals surface area contributed by atoms with E-state index in [1.165, 1.54) is 0 Å². The summed E-state index contributed by atoms with van der Waals surface area (Å²) in [6, 6.07) is 17.7. The Kier molecular flexibility index (Phi) is 4.93. The molecule has 24 heavy (non-hydrogen) atoms. The fourth-order valence-electron chi connectivity index (χ4n) is 3.43. The molecule has 1 saturated carbocycles. The Labute approximate surface area is 148 Å². The number of hydrogen-bond acceptors (Lipinski definition) is 2. The third-order valence-corrected chi connectivity index (χ3v) is 5.00. The van der Waals surface area contributed by atoms with Gasteiger partial charge in [-0.3, -0.25) is 4.79 Å². The van der Waals surface area contributed by atoms with Crippen LogP contribution in [0.25, 0.3) is 0 Å². The Morgan fingerprint density at radius 2 is 1.83 bits per heavy atom. The average Bonchev–Trinajstić information content (AvgIpc) is 3.29. The minimum atomic E-state index is -0.391. The zero-order chi connectivity index (χ0) is 17.2. The second-order valence-electron chi connectivity index (χ2n) is 6.81. The van der Waals surface area contributed by atoms with E-state index in [2.05, 4.69) is 36.4 Å². The molecule has 4 heteroatoms. The molecule has 1 aliphatic carbocycles. The molecule has 1 amide bonds. The Hall–Kier alpha value is -1.84. The van der Waals surface area contributed by atoms with Crippen LogP contribution in [0.3, 0.4) is 0 Å². The minimum absolute atomic E-state index is 0.121. The van der Waals surface area contributed by atoms with Gasteiger partial charge in [-0.25, -0.2) is 0 Å². The molecule has 2 unspecified atom stereocenters. The van der Waals surface area contributed by atoms with Crippen molar-refractivity contribution in [3.05, 3.63) is 70.7 Å². The van der Waals surface area contributed by atoms with Crippen molar-refractivity contribution >= 4 is 17.5 Å². The van der Waals surface area contributed by atoms with Crippen LogP contribution in [0, 0.1) is 5.92 Å². The van der Waals surface area contributed by atoms with Crippen LogP contribution in [0.5, 0.6) is 0 Å². The van der Waals surface area contributed by atoms with E-state index in [0.717, 1.165) is 24.1 Å². The van der Waals surface area contributed by atoms with Gasteiger partial charge in [0.15, 0.2) is 0 Å². The van der Waals surface area contributed by atoms with Gasteiger partial charge >= 0.3 is 0 Å². The zero-order valence-corrected chi connectivity index (χ0v) is 14.9. The van der Waals surface area contributed by atoms with E-state index >= 15 is 0 Å². The van der Waals surface area contributed by atoms with Crippen molar-refractivity contribution < 1.29 is 4.79 Å². The lowest BCUT2D eigenvalue weighted by molar-refractivity contribution is -0.124. The van der Waals surface area contributed by atoms with Gasteiger partial charge in [-0.15, -0.1) is 0 Å². The number of carbonyl (C=O) groups excluding carboxylic acids is 1. The van der Waals surface area contributed by atoms with Gasteiger partial charge in [0, 0.05) is 18.1 Å². The van der Waals surface area contributed by atoms with Crippen molar-refractivity contribution in [1.82, 2.24) is 10.2 Å².